The van der Waals surface area contributed by atoms with E-state index in [4.69, 9.17) is 4.98 Å². The summed E-state index contributed by atoms with van der Waals surface area (Å²) in [6.45, 7) is 8.65. The Bertz CT molecular complexity index is 1030. The average Bonchev–Trinajstić information content (AvgIpc) is 3.16. The summed E-state index contributed by atoms with van der Waals surface area (Å²) in [6, 6.07) is 19.1. The topological polar surface area (TPSA) is 29.3 Å². The molecule has 0 aliphatic heterocycles. The van der Waals surface area contributed by atoms with Crippen molar-refractivity contribution in [1.82, 2.24) is 9.38 Å². The Hall–Kier alpha value is -2.59. The van der Waals surface area contributed by atoms with Crippen LogP contribution in [0.2, 0.25) is 0 Å². The standard InChI is InChI=1S/C22H23N3S/c1-15-10-12-17(13-11-15)19-20(24-22(2,3)4)25-18(14-26-21(25)23-19)16-8-6-5-7-9-16/h5-14,24H,1-4H3. The van der Waals surface area contributed by atoms with E-state index in [1.807, 2.05) is 6.07 Å². The molecule has 2 aromatic heterocycles. The summed E-state index contributed by atoms with van der Waals surface area (Å²) in [5, 5.41) is 5.87. The molecule has 0 spiro atoms. The minimum absolute atomic E-state index is 0.0642. The van der Waals surface area contributed by atoms with Crippen LogP contribution in [0.5, 0.6) is 0 Å². The van der Waals surface area contributed by atoms with Crippen LogP contribution >= 0.6 is 11.3 Å². The highest BCUT2D eigenvalue weighted by Gasteiger charge is 2.22. The number of fused-ring (bicyclic) bond motifs is 1. The molecule has 4 heteroatoms. The molecule has 0 bridgehead atoms. The SMILES string of the molecule is Cc1ccc(-c2nc3scc(-c4ccccc4)n3c2NC(C)(C)C)cc1. The van der Waals surface area contributed by atoms with Gasteiger partial charge in [0.15, 0.2) is 4.96 Å². The lowest BCUT2D eigenvalue weighted by Crippen LogP contribution is -2.27. The molecule has 0 aliphatic rings. The van der Waals surface area contributed by atoms with Gasteiger partial charge in [-0.05, 0) is 33.3 Å². The molecule has 4 aromatic rings. The van der Waals surface area contributed by atoms with Gasteiger partial charge >= 0.3 is 0 Å². The number of imidazole rings is 1. The Morgan fingerprint density at radius 1 is 0.923 bits per heavy atom. The van der Waals surface area contributed by atoms with E-state index in [2.05, 4.69) is 91.3 Å². The second-order valence-electron chi connectivity index (χ2n) is 7.65. The molecule has 2 aromatic carbocycles. The largest absolute Gasteiger partial charge is 0.365 e. The third-order valence-corrected chi connectivity index (χ3v) is 5.08. The maximum atomic E-state index is 4.96. The summed E-state index contributed by atoms with van der Waals surface area (Å²) in [5.74, 6) is 1.05. The molecule has 0 amide bonds. The van der Waals surface area contributed by atoms with Crippen LogP contribution in [0.15, 0.2) is 60.0 Å². The van der Waals surface area contributed by atoms with E-state index in [1.165, 1.54) is 16.8 Å². The van der Waals surface area contributed by atoms with Gasteiger partial charge in [-0.1, -0.05) is 60.2 Å². The van der Waals surface area contributed by atoms with Gasteiger partial charge in [-0.15, -0.1) is 11.3 Å². The summed E-state index contributed by atoms with van der Waals surface area (Å²) < 4.78 is 2.25. The van der Waals surface area contributed by atoms with Gasteiger partial charge in [0, 0.05) is 16.5 Å². The summed E-state index contributed by atoms with van der Waals surface area (Å²) in [4.78, 5) is 5.97. The zero-order valence-corrected chi connectivity index (χ0v) is 16.4. The fourth-order valence-corrected chi connectivity index (χ4v) is 3.95. The monoisotopic (exact) mass is 361 g/mol. The first-order chi connectivity index (χ1) is 12.4. The number of thiazole rings is 1. The maximum Gasteiger partial charge on any atom is 0.196 e. The molecule has 4 rings (SSSR count). The first-order valence-electron chi connectivity index (χ1n) is 8.83. The number of aromatic nitrogens is 2. The van der Waals surface area contributed by atoms with E-state index >= 15 is 0 Å². The molecule has 0 aliphatic carbocycles. The number of anilines is 1. The van der Waals surface area contributed by atoms with Crippen molar-refractivity contribution in [3.05, 3.63) is 65.5 Å². The zero-order valence-electron chi connectivity index (χ0n) is 15.6. The normalized spacial score (nSPS) is 11.8. The van der Waals surface area contributed by atoms with Crippen molar-refractivity contribution < 1.29 is 0 Å². The van der Waals surface area contributed by atoms with Crippen molar-refractivity contribution in [2.24, 2.45) is 0 Å². The first-order valence-corrected chi connectivity index (χ1v) is 9.71. The van der Waals surface area contributed by atoms with Gasteiger partial charge in [0.2, 0.25) is 0 Å². The Labute approximate surface area is 158 Å². The summed E-state index contributed by atoms with van der Waals surface area (Å²) in [7, 11) is 0. The molecule has 0 atom stereocenters. The second kappa shape index (κ2) is 6.29. The quantitative estimate of drug-likeness (QED) is 0.467. The van der Waals surface area contributed by atoms with Crippen molar-refractivity contribution in [1.29, 1.82) is 0 Å². The van der Waals surface area contributed by atoms with E-state index < -0.39 is 0 Å². The number of rotatable bonds is 3. The van der Waals surface area contributed by atoms with E-state index in [0.717, 1.165) is 22.0 Å². The van der Waals surface area contributed by atoms with Gasteiger partial charge in [0.1, 0.15) is 11.5 Å². The third kappa shape index (κ3) is 3.13. The number of hydrogen-bond donors (Lipinski definition) is 1. The summed E-state index contributed by atoms with van der Waals surface area (Å²) >= 11 is 1.68. The molecule has 0 saturated carbocycles. The molecular weight excluding hydrogens is 338 g/mol. The second-order valence-corrected chi connectivity index (χ2v) is 8.49. The van der Waals surface area contributed by atoms with Crippen molar-refractivity contribution in [2.45, 2.75) is 33.2 Å². The minimum atomic E-state index is -0.0642. The summed E-state index contributed by atoms with van der Waals surface area (Å²) in [6.07, 6.45) is 0. The summed E-state index contributed by atoms with van der Waals surface area (Å²) in [5.41, 5.74) is 5.70. The molecule has 0 fully saturated rings. The molecule has 0 saturated heterocycles. The molecule has 2 heterocycles. The van der Waals surface area contributed by atoms with Crippen LogP contribution in [0, 0.1) is 6.92 Å². The van der Waals surface area contributed by atoms with Crippen molar-refractivity contribution in [3.63, 3.8) is 0 Å². The van der Waals surface area contributed by atoms with Crippen molar-refractivity contribution in [2.75, 3.05) is 5.32 Å². The Kier molecular flexibility index (Phi) is 4.08. The Balaban J connectivity index is 1.96. The van der Waals surface area contributed by atoms with Gasteiger partial charge < -0.3 is 5.32 Å². The smallest absolute Gasteiger partial charge is 0.196 e. The van der Waals surface area contributed by atoms with Crippen molar-refractivity contribution in [3.8, 4) is 22.5 Å². The van der Waals surface area contributed by atoms with Crippen LogP contribution < -0.4 is 5.32 Å². The number of nitrogens with zero attached hydrogens (tertiary/aromatic N) is 2. The highest BCUT2D eigenvalue weighted by molar-refractivity contribution is 7.15. The number of hydrogen-bond acceptors (Lipinski definition) is 3. The molecule has 3 nitrogen and oxygen atoms in total. The number of benzene rings is 2. The third-order valence-electron chi connectivity index (χ3n) is 4.25. The lowest BCUT2D eigenvalue weighted by Gasteiger charge is -2.23. The molecule has 0 radical (unpaired) electrons. The van der Waals surface area contributed by atoms with E-state index in [-0.39, 0.29) is 5.54 Å². The van der Waals surface area contributed by atoms with Gasteiger partial charge in [-0.25, -0.2) is 4.98 Å². The van der Waals surface area contributed by atoms with Crippen molar-refractivity contribution >= 4 is 22.1 Å². The van der Waals surface area contributed by atoms with Gasteiger partial charge in [0.05, 0.1) is 5.69 Å². The minimum Gasteiger partial charge on any atom is -0.365 e. The lowest BCUT2D eigenvalue weighted by atomic mass is 10.1. The lowest BCUT2D eigenvalue weighted by molar-refractivity contribution is 0.630. The van der Waals surface area contributed by atoms with Gasteiger partial charge in [-0.2, -0.15) is 0 Å². The van der Waals surface area contributed by atoms with Crippen LogP contribution in [0.1, 0.15) is 26.3 Å². The molecule has 26 heavy (non-hydrogen) atoms. The molecular formula is C22H23N3S. The molecule has 132 valence electrons. The number of nitrogens with one attached hydrogen (secondary N) is 1. The van der Waals surface area contributed by atoms with Crippen LogP contribution in [0.3, 0.4) is 0 Å². The van der Waals surface area contributed by atoms with E-state index in [0.29, 0.717) is 0 Å². The fraction of sp³-hybridized carbons (Fsp3) is 0.227. The zero-order chi connectivity index (χ0) is 18.3. The first kappa shape index (κ1) is 16.9. The van der Waals surface area contributed by atoms with Crippen LogP contribution in [-0.4, -0.2) is 14.9 Å². The predicted molar refractivity (Wildman–Crippen MR) is 112 cm³/mol. The van der Waals surface area contributed by atoms with Crippen LogP contribution in [0.25, 0.3) is 27.5 Å². The van der Waals surface area contributed by atoms with Crippen LogP contribution in [0.4, 0.5) is 5.82 Å². The molecule has 0 unspecified atom stereocenters. The predicted octanol–water partition coefficient (Wildman–Crippen LogP) is 6.25. The highest BCUT2D eigenvalue weighted by Crippen LogP contribution is 2.37. The van der Waals surface area contributed by atoms with Crippen LogP contribution in [-0.2, 0) is 0 Å². The van der Waals surface area contributed by atoms with Gasteiger partial charge in [0.25, 0.3) is 0 Å². The van der Waals surface area contributed by atoms with E-state index in [1.54, 1.807) is 11.3 Å². The van der Waals surface area contributed by atoms with Gasteiger partial charge in [-0.3, -0.25) is 4.40 Å². The Morgan fingerprint density at radius 3 is 2.27 bits per heavy atom. The van der Waals surface area contributed by atoms with E-state index in [9.17, 15) is 0 Å². The maximum absolute atomic E-state index is 4.96. The molecule has 1 N–H and O–H groups in total. The highest BCUT2D eigenvalue weighted by atomic mass is 32.1. The fourth-order valence-electron chi connectivity index (χ4n) is 3.05. The Morgan fingerprint density at radius 2 is 1.62 bits per heavy atom. The average molecular weight is 362 g/mol. The number of aryl methyl sites for hydroxylation is 1.